The van der Waals surface area contributed by atoms with Crippen molar-refractivity contribution in [2.45, 2.75) is 18.4 Å². The van der Waals surface area contributed by atoms with Crippen LogP contribution in [0, 0.1) is 12.3 Å². The molecular formula is C12H15N5O2S. The molecule has 1 aromatic heterocycles. The fourth-order valence-electron chi connectivity index (χ4n) is 1.67. The van der Waals surface area contributed by atoms with Gasteiger partial charge in [0.05, 0.1) is 11.9 Å². The number of benzene rings is 1. The Kier molecular flexibility index (Phi) is 3.86. The van der Waals surface area contributed by atoms with Crippen LogP contribution < -0.4 is 10.5 Å². The van der Waals surface area contributed by atoms with Gasteiger partial charge in [0.1, 0.15) is 10.7 Å². The molecule has 0 saturated carbocycles. The van der Waals surface area contributed by atoms with E-state index in [0.29, 0.717) is 11.3 Å². The van der Waals surface area contributed by atoms with E-state index in [9.17, 15) is 8.42 Å². The highest BCUT2D eigenvalue weighted by atomic mass is 32.2. The molecule has 1 aromatic carbocycles. The lowest BCUT2D eigenvalue weighted by atomic mass is 10.1. The van der Waals surface area contributed by atoms with Crippen LogP contribution in [0.15, 0.2) is 35.4 Å². The van der Waals surface area contributed by atoms with Gasteiger partial charge in [-0.25, -0.2) is 13.1 Å². The number of nitrogens with zero attached hydrogens (tertiary/aromatic N) is 1. The van der Waals surface area contributed by atoms with Gasteiger partial charge in [-0.15, -0.1) is 0 Å². The van der Waals surface area contributed by atoms with Crippen LogP contribution in [-0.4, -0.2) is 24.5 Å². The van der Waals surface area contributed by atoms with Gasteiger partial charge in [0, 0.05) is 12.1 Å². The van der Waals surface area contributed by atoms with E-state index in [1.54, 1.807) is 31.2 Å². The van der Waals surface area contributed by atoms with Gasteiger partial charge >= 0.3 is 0 Å². The molecule has 0 fully saturated rings. The minimum Gasteiger partial charge on any atom is -0.384 e. The standard InChI is InChI=1S/C12H15N5O2S/c1-8-11(7-15-17-8)20(18,19)16-6-9-2-4-10(5-3-9)12(13)14/h2-5,7,16H,6H2,1H3,(H3,13,14)(H,15,17). The lowest BCUT2D eigenvalue weighted by Gasteiger charge is -2.06. The van der Waals surface area contributed by atoms with E-state index in [4.69, 9.17) is 11.1 Å². The maximum absolute atomic E-state index is 12.0. The van der Waals surface area contributed by atoms with Gasteiger partial charge < -0.3 is 5.73 Å². The summed E-state index contributed by atoms with van der Waals surface area (Å²) in [7, 11) is -3.58. The van der Waals surface area contributed by atoms with E-state index >= 15 is 0 Å². The van der Waals surface area contributed by atoms with E-state index in [1.807, 2.05) is 0 Å². The number of nitrogens with two attached hydrogens (primary N) is 1. The SMILES string of the molecule is Cc1[nH]ncc1S(=O)(=O)NCc1ccc(C(=N)N)cc1. The topological polar surface area (TPSA) is 125 Å². The first-order valence-electron chi connectivity index (χ1n) is 5.83. The predicted molar refractivity (Wildman–Crippen MR) is 74.8 cm³/mol. The van der Waals surface area contributed by atoms with Crippen molar-refractivity contribution in [3.8, 4) is 0 Å². The Morgan fingerprint density at radius 1 is 1.40 bits per heavy atom. The average Bonchev–Trinajstić information content (AvgIpc) is 2.84. The van der Waals surface area contributed by atoms with Gasteiger partial charge in [-0.2, -0.15) is 5.10 Å². The molecule has 0 radical (unpaired) electrons. The van der Waals surface area contributed by atoms with Crippen LogP contribution in [0.25, 0.3) is 0 Å². The summed E-state index contributed by atoms with van der Waals surface area (Å²) in [6.45, 7) is 1.80. The van der Waals surface area contributed by atoms with Gasteiger partial charge in [-0.3, -0.25) is 10.5 Å². The van der Waals surface area contributed by atoms with Crippen molar-refractivity contribution in [2.75, 3.05) is 0 Å². The lowest BCUT2D eigenvalue weighted by molar-refractivity contribution is 0.581. The molecule has 0 amide bonds. The van der Waals surface area contributed by atoms with Crippen LogP contribution in [0.4, 0.5) is 0 Å². The van der Waals surface area contributed by atoms with Crippen LogP contribution in [0.5, 0.6) is 0 Å². The molecule has 106 valence electrons. The van der Waals surface area contributed by atoms with Gasteiger partial charge in [0.15, 0.2) is 0 Å². The average molecular weight is 293 g/mol. The molecule has 20 heavy (non-hydrogen) atoms. The van der Waals surface area contributed by atoms with Crippen molar-refractivity contribution < 1.29 is 8.42 Å². The third-order valence-electron chi connectivity index (χ3n) is 2.80. The minimum absolute atomic E-state index is 0.0221. The highest BCUT2D eigenvalue weighted by Crippen LogP contribution is 2.12. The Morgan fingerprint density at radius 3 is 2.55 bits per heavy atom. The van der Waals surface area contributed by atoms with Crippen LogP contribution in [0.2, 0.25) is 0 Å². The number of hydrogen-bond acceptors (Lipinski definition) is 4. The van der Waals surface area contributed by atoms with Gasteiger partial charge in [-0.05, 0) is 12.5 Å². The Morgan fingerprint density at radius 2 is 2.05 bits per heavy atom. The number of aryl methyl sites for hydroxylation is 1. The molecule has 0 aliphatic carbocycles. The molecule has 5 N–H and O–H groups in total. The molecule has 7 nitrogen and oxygen atoms in total. The molecule has 8 heteroatoms. The number of rotatable bonds is 5. The first kappa shape index (κ1) is 14.2. The molecule has 1 heterocycles. The molecule has 0 saturated heterocycles. The van der Waals surface area contributed by atoms with Crippen LogP contribution in [-0.2, 0) is 16.6 Å². The molecule has 2 aromatic rings. The quantitative estimate of drug-likeness (QED) is 0.472. The summed E-state index contributed by atoms with van der Waals surface area (Å²) in [5.41, 5.74) is 7.22. The number of aromatic nitrogens is 2. The third kappa shape index (κ3) is 3.03. The van der Waals surface area contributed by atoms with E-state index in [-0.39, 0.29) is 17.3 Å². The van der Waals surface area contributed by atoms with Crippen LogP contribution in [0.1, 0.15) is 16.8 Å². The first-order chi connectivity index (χ1) is 9.40. The van der Waals surface area contributed by atoms with Crippen molar-refractivity contribution >= 4 is 15.9 Å². The van der Waals surface area contributed by atoms with E-state index in [1.165, 1.54) is 6.20 Å². The lowest BCUT2D eigenvalue weighted by Crippen LogP contribution is -2.23. The summed E-state index contributed by atoms with van der Waals surface area (Å²) in [5, 5.41) is 13.6. The van der Waals surface area contributed by atoms with Crippen LogP contribution in [0.3, 0.4) is 0 Å². The zero-order valence-electron chi connectivity index (χ0n) is 10.8. The molecular weight excluding hydrogens is 278 g/mol. The van der Waals surface area contributed by atoms with Gasteiger partial charge in [0.25, 0.3) is 0 Å². The molecule has 0 atom stereocenters. The largest absolute Gasteiger partial charge is 0.384 e. The third-order valence-corrected chi connectivity index (χ3v) is 4.32. The number of hydrogen-bond donors (Lipinski definition) is 4. The maximum atomic E-state index is 12.0. The minimum atomic E-state index is -3.58. The summed E-state index contributed by atoms with van der Waals surface area (Å²) in [6.07, 6.45) is 1.27. The summed E-state index contributed by atoms with van der Waals surface area (Å²) in [4.78, 5) is 0.137. The van der Waals surface area contributed by atoms with E-state index < -0.39 is 10.0 Å². The second-order valence-electron chi connectivity index (χ2n) is 4.29. The van der Waals surface area contributed by atoms with Crippen molar-refractivity contribution in [2.24, 2.45) is 5.73 Å². The first-order valence-corrected chi connectivity index (χ1v) is 7.31. The Balaban J connectivity index is 2.09. The number of sulfonamides is 1. The predicted octanol–water partition coefficient (Wildman–Crippen LogP) is 0.481. The number of aromatic amines is 1. The number of nitrogens with one attached hydrogen (secondary N) is 3. The highest BCUT2D eigenvalue weighted by Gasteiger charge is 2.17. The van der Waals surface area contributed by atoms with Gasteiger partial charge in [-0.1, -0.05) is 24.3 Å². The van der Waals surface area contributed by atoms with Crippen LogP contribution >= 0.6 is 0 Å². The molecule has 0 aliphatic rings. The Bertz CT molecular complexity index is 719. The van der Waals surface area contributed by atoms with Crippen molar-refractivity contribution in [1.82, 2.24) is 14.9 Å². The summed E-state index contributed by atoms with van der Waals surface area (Å²) >= 11 is 0. The number of amidine groups is 1. The second-order valence-corrected chi connectivity index (χ2v) is 6.03. The zero-order valence-corrected chi connectivity index (χ0v) is 11.7. The van der Waals surface area contributed by atoms with Crippen molar-refractivity contribution in [3.05, 3.63) is 47.3 Å². The monoisotopic (exact) mass is 293 g/mol. The van der Waals surface area contributed by atoms with E-state index in [2.05, 4.69) is 14.9 Å². The number of nitrogen functional groups attached to an aromatic ring is 1. The zero-order chi connectivity index (χ0) is 14.8. The summed E-state index contributed by atoms with van der Waals surface area (Å²) < 4.78 is 26.6. The smallest absolute Gasteiger partial charge is 0.244 e. The number of H-pyrrole nitrogens is 1. The second kappa shape index (κ2) is 5.43. The maximum Gasteiger partial charge on any atom is 0.244 e. The molecule has 2 rings (SSSR count). The molecule has 0 aliphatic heterocycles. The molecule has 0 unspecified atom stereocenters. The Labute approximate surface area is 116 Å². The normalized spacial score (nSPS) is 11.4. The van der Waals surface area contributed by atoms with Gasteiger partial charge in [0.2, 0.25) is 10.0 Å². The van der Waals surface area contributed by atoms with E-state index in [0.717, 1.165) is 5.56 Å². The molecule has 0 spiro atoms. The fraction of sp³-hybridized carbons (Fsp3) is 0.167. The highest BCUT2D eigenvalue weighted by molar-refractivity contribution is 7.89. The summed E-state index contributed by atoms with van der Waals surface area (Å²) in [6, 6.07) is 6.80. The fourth-order valence-corrected chi connectivity index (χ4v) is 2.82. The van der Waals surface area contributed by atoms with Crippen molar-refractivity contribution in [1.29, 1.82) is 5.41 Å². The van der Waals surface area contributed by atoms with Crippen molar-refractivity contribution in [3.63, 3.8) is 0 Å². The Hall–Kier alpha value is -2.19. The summed E-state index contributed by atoms with van der Waals surface area (Å²) in [5.74, 6) is -0.0221. The molecule has 0 bridgehead atoms.